The number of carbonyl (C=O) groups excluding carboxylic acids is 1. The predicted octanol–water partition coefficient (Wildman–Crippen LogP) is 4.23. The lowest BCUT2D eigenvalue weighted by molar-refractivity contribution is -0.387. The summed E-state index contributed by atoms with van der Waals surface area (Å²) in [6, 6.07) is 10.7. The number of nitriles is 1. The third-order valence-electron chi connectivity index (χ3n) is 3.73. The van der Waals surface area contributed by atoms with E-state index in [0.717, 1.165) is 11.8 Å². The number of H-pyrrole nitrogens is 1. The van der Waals surface area contributed by atoms with Gasteiger partial charge in [0.15, 0.2) is 5.82 Å². The zero-order chi connectivity index (χ0) is 21.8. The molecule has 30 heavy (non-hydrogen) atoms. The second-order valence-electron chi connectivity index (χ2n) is 5.71. The molecule has 0 saturated carbocycles. The molecular formula is C18H10Cl2N6O3S. The number of nitrogens with one attached hydrogen (secondary N) is 1. The van der Waals surface area contributed by atoms with Crippen molar-refractivity contribution in [1.29, 1.82) is 5.26 Å². The Bertz CT molecular complexity index is 1230. The number of nitro benzene ring substituents is 1. The van der Waals surface area contributed by atoms with Gasteiger partial charge in [0.05, 0.1) is 14.8 Å². The molecule has 150 valence electrons. The van der Waals surface area contributed by atoms with E-state index in [-0.39, 0.29) is 26.9 Å². The van der Waals surface area contributed by atoms with E-state index in [4.69, 9.17) is 34.2 Å². The molecule has 0 bridgehead atoms. The number of nitro groups is 1. The van der Waals surface area contributed by atoms with Crippen molar-refractivity contribution in [2.45, 2.75) is 10.1 Å². The van der Waals surface area contributed by atoms with Crippen molar-refractivity contribution < 1.29 is 9.72 Å². The van der Waals surface area contributed by atoms with Crippen LogP contribution in [-0.2, 0) is 4.79 Å². The number of hydrogen-bond acceptors (Lipinski definition) is 7. The lowest BCUT2D eigenvalue weighted by Crippen LogP contribution is -2.12. The molecule has 9 nitrogen and oxygen atoms in total. The van der Waals surface area contributed by atoms with Gasteiger partial charge in [-0.3, -0.25) is 20.0 Å². The number of carbonyl (C=O) groups is 1. The number of amides is 1. The zero-order valence-electron chi connectivity index (χ0n) is 14.8. The van der Waals surface area contributed by atoms with Crippen LogP contribution in [0.1, 0.15) is 5.56 Å². The molecule has 0 fully saturated rings. The molecule has 1 heterocycles. The van der Waals surface area contributed by atoms with Crippen molar-refractivity contribution in [3.05, 3.63) is 67.7 Å². The number of rotatable bonds is 6. The summed E-state index contributed by atoms with van der Waals surface area (Å²) in [6.07, 6.45) is 1.18. The fourth-order valence-corrected chi connectivity index (χ4v) is 3.67. The summed E-state index contributed by atoms with van der Waals surface area (Å²) < 4.78 is 0. The minimum Gasteiger partial charge on any atom is -0.365 e. The highest BCUT2D eigenvalue weighted by atomic mass is 35.5. The van der Waals surface area contributed by atoms with Crippen molar-refractivity contribution in [3.63, 3.8) is 0 Å². The summed E-state index contributed by atoms with van der Waals surface area (Å²) in [5.41, 5.74) is 5.39. The van der Waals surface area contributed by atoms with Crippen LogP contribution in [0.3, 0.4) is 0 Å². The Balaban J connectivity index is 1.92. The van der Waals surface area contributed by atoms with Crippen LogP contribution in [0.25, 0.3) is 17.5 Å². The maximum Gasteiger partial charge on any atom is 0.283 e. The maximum atomic E-state index is 11.5. The average Bonchev–Trinajstić information content (AvgIpc) is 3.14. The zero-order valence-corrected chi connectivity index (χ0v) is 17.1. The Morgan fingerprint density at radius 3 is 2.70 bits per heavy atom. The molecule has 12 heteroatoms. The van der Waals surface area contributed by atoms with Gasteiger partial charge >= 0.3 is 0 Å². The van der Waals surface area contributed by atoms with Gasteiger partial charge in [-0.25, -0.2) is 4.98 Å². The molecule has 1 aromatic heterocycles. The van der Waals surface area contributed by atoms with E-state index in [1.54, 1.807) is 24.3 Å². The fourth-order valence-electron chi connectivity index (χ4n) is 2.37. The molecule has 3 N–H and O–H groups in total. The number of primary amides is 1. The molecule has 0 saturated heterocycles. The van der Waals surface area contributed by atoms with E-state index in [1.807, 2.05) is 0 Å². The van der Waals surface area contributed by atoms with Gasteiger partial charge in [0.25, 0.3) is 11.6 Å². The van der Waals surface area contributed by atoms with E-state index < -0.39 is 10.8 Å². The van der Waals surface area contributed by atoms with Gasteiger partial charge < -0.3 is 5.73 Å². The van der Waals surface area contributed by atoms with E-state index >= 15 is 0 Å². The molecule has 0 aliphatic carbocycles. The first-order valence-corrected chi connectivity index (χ1v) is 9.61. The van der Waals surface area contributed by atoms with E-state index in [1.165, 1.54) is 24.3 Å². The Kier molecular flexibility index (Phi) is 6.37. The second kappa shape index (κ2) is 8.96. The molecule has 2 aromatic carbocycles. The molecule has 3 rings (SSSR count). The first-order valence-electron chi connectivity index (χ1n) is 8.04. The van der Waals surface area contributed by atoms with Gasteiger partial charge in [-0.05, 0) is 47.7 Å². The molecule has 0 aliphatic rings. The Morgan fingerprint density at radius 2 is 2.07 bits per heavy atom. The Morgan fingerprint density at radius 1 is 1.30 bits per heavy atom. The summed E-state index contributed by atoms with van der Waals surface area (Å²) >= 11 is 13.0. The number of nitrogens with zero attached hydrogens (tertiary/aromatic N) is 4. The van der Waals surface area contributed by atoms with Crippen LogP contribution in [0.4, 0.5) is 5.69 Å². The van der Waals surface area contributed by atoms with Crippen molar-refractivity contribution in [1.82, 2.24) is 15.2 Å². The van der Waals surface area contributed by atoms with Crippen LogP contribution in [-0.4, -0.2) is 26.0 Å². The van der Waals surface area contributed by atoms with Gasteiger partial charge in [0.2, 0.25) is 5.16 Å². The summed E-state index contributed by atoms with van der Waals surface area (Å²) in [5.74, 6) is -0.547. The third-order valence-corrected chi connectivity index (χ3v) is 5.21. The summed E-state index contributed by atoms with van der Waals surface area (Å²) in [4.78, 5) is 26.7. The highest BCUT2D eigenvalue weighted by Gasteiger charge is 2.19. The minimum atomic E-state index is -0.923. The monoisotopic (exact) mass is 460 g/mol. The minimum absolute atomic E-state index is 0.234. The molecule has 0 radical (unpaired) electrons. The molecule has 3 aromatic rings. The SMILES string of the molecule is N#CC(=Cc1ccc(Sc2n[nH]c(-c3ccc(Cl)cc3Cl)n2)c([N+](=O)[O-])c1)C(N)=O. The van der Waals surface area contributed by atoms with Gasteiger partial charge in [0.1, 0.15) is 11.6 Å². The van der Waals surface area contributed by atoms with Crippen LogP contribution in [0.15, 0.2) is 52.0 Å². The number of aromatic amines is 1. The second-order valence-corrected chi connectivity index (χ2v) is 7.56. The van der Waals surface area contributed by atoms with E-state index in [2.05, 4.69) is 15.2 Å². The standard InChI is InChI=1S/C18H10Cl2N6O3S/c19-11-2-3-12(13(20)7-11)17-23-18(25-24-17)30-15-4-1-9(6-14(15)26(28)29)5-10(8-21)16(22)27/h1-7H,(H2,22,27)(H,23,24,25). The molecule has 0 aliphatic heterocycles. The molecular weight excluding hydrogens is 451 g/mol. The molecule has 0 atom stereocenters. The van der Waals surface area contributed by atoms with Crippen LogP contribution >= 0.6 is 35.0 Å². The number of aromatic nitrogens is 3. The van der Waals surface area contributed by atoms with Crippen molar-refractivity contribution >= 4 is 52.6 Å². The Hall–Kier alpha value is -3.39. The van der Waals surface area contributed by atoms with Gasteiger partial charge in [-0.1, -0.05) is 29.3 Å². The number of halogens is 2. The lowest BCUT2D eigenvalue weighted by atomic mass is 10.1. The van der Waals surface area contributed by atoms with Crippen LogP contribution in [0, 0.1) is 21.4 Å². The highest BCUT2D eigenvalue weighted by molar-refractivity contribution is 7.99. The topological polar surface area (TPSA) is 152 Å². The predicted molar refractivity (Wildman–Crippen MR) is 112 cm³/mol. The van der Waals surface area contributed by atoms with Crippen LogP contribution in [0.5, 0.6) is 0 Å². The van der Waals surface area contributed by atoms with Gasteiger partial charge in [0, 0.05) is 16.7 Å². The largest absolute Gasteiger partial charge is 0.365 e. The number of hydrogen-bond donors (Lipinski definition) is 2. The molecule has 1 amide bonds. The fraction of sp³-hybridized carbons (Fsp3) is 0. The summed E-state index contributed by atoms with van der Waals surface area (Å²) in [7, 11) is 0. The maximum absolute atomic E-state index is 11.5. The number of nitrogens with two attached hydrogens (primary N) is 1. The normalized spacial score (nSPS) is 11.2. The van der Waals surface area contributed by atoms with Crippen LogP contribution < -0.4 is 5.73 Å². The van der Waals surface area contributed by atoms with Crippen molar-refractivity contribution in [2.75, 3.05) is 0 Å². The highest BCUT2D eigenvalue weighted by Crippen LogP contribution is 2.35. The van der Waals surface area contributed by atoms with Gasteiger partial charge in [-0.2, -0.15) is 5.26 Å². The molecule has 0 unspecified atom stereocenters. The number of benzene rings is 2. The lowest BCUT2D eigenvalue weighted by Gasteiger charge is -2.02. The first-order chi connectivity index (χ1) is 14.3. The third kappa shape index (κ3) is 4.77. The summed E-state index contributed by atoms with van der Waals surface area (Å²) in [6.45, 7) is 0. The van der Waals surface area contributed by atoms with Crippen molar-refractivity contribution in [2.24, 2.45) is 5.73 Å². The van der Waals surface area contributed by atoms with Crippen LogP contribution in [0.2, 0.25) is 10.0 Å². The van der Waals surface area contributed by atoms with E-state index in [9.17, 15) is 14.9 Å². The first kappa shape index (κ1) is 21.3. The quantitative estimate of drug-likeness (QED) is 0.241. The van der Waals surface area contributed by atoms with Gasteiger partial charge in [-0.15, -0.1) is 5.10 Å². The molecule has 0 spiro atoms. The smallest absolute Gasteiger partial charge is 0.283 e. The van der Waals surface area contributed by atoms with E-state index in [0.29, 0.717) is 21.4 Å². The Labute approximate surface area is 183 Å². The average molecular weight is 461 g/mol. The summed E-state index contributed by atoms with van der Waals surface area (Å²) in [5, 5.41) is 28.3. The van der Waals surface area contributed by atoms with Crippen molar-refractivity contribution in [3.8, 4) is 17.5 Å².